The van der Waals surface area contributed by atoms with Gasteiger partial charge in [-0.15, -0.1) is 0 Å². The minimum atomic E-state index is -0.312. The van der Waals surface area contributed by atoms with Gasteiger partial charge in [0.1, 0.15) is 5.75 Å². The van der Waals surface area contributed by atoms with Crippen LogP contribution in [-0.4, -0.2) is 82.6 Å². The molecule has 9 heteroatoms. The van der Waals surface area contributed by atoms with E-state index in [1.807, 2.05) is 24.3 Å². The summed E-state index contributed by atoms with van der Waals surface area (Å²) in [6.45, 7) is 6.20. The van der Waals surface area contributed by atoms with Crippen LogP contribution in [0.15, 0.2) is 24.3 Å². The molecule has 0 atom stereocenters. The normalized spacial score (nSPS) is 11.8. The third-order valence-electron chi connectivity index (χ3n) is 4.80. The molecule has 0 spiro atoms. The Balaban J connectivity index is 2.28. The highest BCUT2D eigenvalue weighted by atomic mass is 79.9. The average molecular weight is 663 g/mol. The molecule has 0 saturated carbocycles. The van der Waals surface area contributed by atoms with E-state index in [0.717, 1.165) is 53.2 Å². The van der Waals surface area contributed by atoms with Crippen molar-refractivity contribution >= 4 is 47.8 Å². The van der Waals surface area contributed by atoms with Crippen LogP contribution in [0.2, 0.25) is 0 Å². The van der Waals surface area contributed by atoms with Gasteiger partial charge in [-0.2, -0.15) is 0 Å². The lowest BCUT2D eigenvalue weighted by Gasteiger charge is -2.33. The van der Waals surface area contributed by atoms with E-state index in [1.54, 1.807) is 7.11 Å². The summed E-state index contributed by atoms with van der Waals surface area (Å²) in [6.07, 6.45) is 3.08. The molecule has 0 N–H and O–H groups in total. The summed E-state index contributed by atoms with van der Waals surface area (Å²) in [5.74, 6) is 0.863. The average Bonchev–Trinajstić information content (AvgIpc) is 2.84. The number of hydrogen-bond acceptors (Lipinski definition) is 6. The molecule has 33 heavy (non-hydrogen) atoms. The minimum absolute atomic E-state index is 0.312. The summed E-state index contributed by atoms with van der Waals surface area (Å²) in [7, 11) is 1.67. The van der Waals surface area contributed by atoms with E-state index in [-0.39, 0.29) is 5.41 Å². The van der Waals surface area contributed by atoms with Crippen molar-refractivity contribution in [2.75, 3.05) is 82.6 Å². The summed E-state index contributed by atoms with van der Waals surface area (Å²) >= 11 is 10.2. The van der Waals surface area contributed by atoms with Gasteiger partial charge >= 0.3 is 0 Å². The number of halogens is 3. The van der Waals surface area contributed by atoms with Crippen LogP contribution >= 0.6 is 47.8 Å². The van der Waals surface area contributed by atoms with Crippen LogP contribution in [0.5, 0.6) is 5.75 Å². The molecule has 0 saturated heterocycles. The van der Waals surface area contributed by atoms with Crippen LogP contribution in [0.3, 0.4) is 0 Å². The fourth-order valence-electron chi connectivity index (χ4n) is 3.07. The highest BCUT2D eigenvalue weighted by Crippen LogP contribution is 2.21. The first-order valence-electron chi connectivity index (χ1n) is 11.4. The van der Waals surface area contributed by atoms with Crippen molar-refractivity contribution in [3.63, 3.8) is 0 Å². The van der Waals surface area contributed by atoms with Gasteiger partial charge in [0.05, 0.1) is 65.4 Å². The maximum Gasteiger partial charge on any atom is 0.118 e. The second-order valence-electron chi connectivity index (χ2n) is 7.74. The molecule has 0 aliphatic rings. The molecule has 0 amide bonds. The summed E-state index contributed by atoms with van der Waals surface area (Å²) < 4.78 is 34.6. The predicted octanol–water partition coefficient (Wildman–Crippen LogP) is 5.62. The first kappa shape index (κ1) is 31.3. The lowest BCUT2D eigenvalue weighted by molar-refractivity contribution is -0.102. The number of benzene rings is 1. The van der Waals surface area contributed by atoms with Crippen LogP contribution in [0, 0.1) is 5.41 Å². The monoisotopic (exact) mass is 660 g/mol. The lowest BCUT2D eigenvalue weighted by Crippen LogP contribution is -2.42. The predicted molar refractivity (Wildman–Crippen MR) is 144 cm³/mol. The Morgan fingerprint density at radius 3 is 1.52 bits per heavy atom. The summed E-state index contributed by atoms with van der Waals surface area (Å²) in [6, 6.07) is 7.97. The molecule has 1 aromatic carbocycles. The molecule has 0 fully saturated rings. The van der Waals surface area contributed by atoms with Gasteiger partial charge in [0.2, 0.25) is 0 Å². The molecule has 1 rings (SSSR count). The number of alkyl halides is 3. The molecular formula is C24H39Br3O6. The molecule has 0 bridgehead atoms. The van der Waals surface area contributed by atoms with Gasteiger partial charge in [0, 0.05) is 29.2 Å². The maximum absolute atomic E-state index is 6.06. The van der Waals surface area contributed by atoms with E-state index in [2.05, 4.69) is 47.8 Å². The van der Waals surface area contributed by atoms with Crippen molar-refractivity contribution in [3.05, 3.63) is 29.8 Å². The fraction of sp³-hybridized carbons (Fsp3) is 0.750. The highest BCUT2D eigenvalue weighted by molar-refractivity contribution is 9.09. The maximum atomic E-state index is 6.06. The summed E-state index contributed by atoms with van der Waals surface area (Å²) in [5.41, 5.74) is 0.843. The molecule has 0 radical (unpaired) electrons. The summed E-state index contributed by atoms with van der Waals surface area (Å²) in [5, 5.41) is 2.40. The quantitative estimate of drug-likeness (QED) is 0.112. The van der Waals surface area contributed by atoms with Crippen molar-refractivity contribution in [2.45, 2.75) is 25.9 Å². The molecule has 0 aliphatic carbocycles. The second-order valence-corrected chi connectivity index (χ2v) is 10.1. The molecule has 0 unspecified atom stereocenters. The Bertz CT molecular complexity index is 535. The van der Waals surface area contributed by atoms with Gasteiger partial charge in [-0.1, -0.05) is 59.9 Å². The third-order valence-corrected chi connectivity index (χ3v) is 5.77. The van der Waals surface area contributed by atoms with E-state index in [4.69, 9.17) is 28.4 Å². The standard InChI is InChI=1S/C24H39Br3O6/c1-28-23-7-5-22(6-8-23)17-29-12-3-2-4-13-30-18-24(19-31-14-9-25,20-32-15-10-26)21-33-16-11-27/h5-8H,2-4,9-21H2,1H3. The first-order valence-corrected chi connectivity index (χ1v) is 14.8. The largest absolute Gasteiger partial charge is 0.497 e. The Hall–Kier alpha value is 0.260. The summed E-state index contributed by atoms with van der Waals surface area (Å²) in [4.78, 5) is 0. The van der Waals surface area contributed by atoms with Gasteiger partial charge in [0.15, 0.2) is 0 Å². The Morgan fingerprint density at radius 1 is 0.606 bits per heavy atom. The van der Waals surface area contributed by atoms with Gasteiger partial charge in [0.25, 0.3) is 0 Å². The van der Waals surface area contributed by atoms with E-state index >= 15 is 0 Å². The van der Waals surface area contributed by atoms with Crippen LogP contribution in [0.4, 0.5) is 0 Å². The van der Waals surface area contributed by atoms with Gasteiger partial charge in [-0.05, 0) is 37.0 Å². The zero-order chi connectivity index (χ0) is 24.0. The minimum Gasteiger partial charge on any atom is -0.497 e. The number of rotatable bonds is 23. The van der Waals surface area contributed by atoms with E-state index < -0.39 is 0 Å². The van der Waals surface area contributed by atoms with Crippen molar-refractivity contribution in [1.82, 2.24) is 0 Å². The van der Waals surface area contributed by atoms with Crippen molar-refractivity contribution < 1.29 is 28.4 Å². The van der Waals surface area contributed by atoms with Crippen LogP contribution < -0.4 is 4.74 Å². The third kappa shape index (κ3) is 15.8. The Labute approximate surface area is 224 Å². The van der Waals surface area contributed by atoms with Crippen LogP contribution in [0.25, 0.3) is 0 Å². The molecule has 6 nitrogen and oxygen atoms in total. The number of hydrogen-bond donors (Lipinski definition) is 0. The lowest BCUT2D eigenvalue weighted by atomic mass is 9.92. The Kier molecular flexibility index (Phi) is 20.4. The Morgan fingerprint density at radius 2 is 1.06 bits per heavy atom. The van der Waals surface area contributed by atoms with E-state index in [9.17, 15) is 0 Å². The van der Waals surface area contributed by atoms with Gasteiger partial charge in [-0.25, -0.2) is 0 Å². The highest BCUT2D eigenvalue weighted by Gasteiger charge is 2.32. The van der Waals surface area contributed by atoms with Crippen molar-refractivity contribution in [3.8, 4) is 5.75 Å². The molecular weight excluding hydrogens is 624 g/mol. The van der Waals surface area contributed by atoms with Crippen molar-refractivity contribution in [1.29, 1.82) is 0 Å². The number of ether oxygens (including phenoxy) is 6. The van der Waals surface area contributed by atoms with Crippen molar-refractivity contribution in [2.24, 2.45) is 5.41 Å². The fourth-order valence-corrected chi connectivity index (χ4v) is 3.75. The molecule has 0 aliphatic heterocycles. The van der Waals surface area contributed by atoms with E-state index in [1.165, 1.54) is 0 Å². The zero-order valence-electron chi connectivity index (χ0n) is 19.7. The topological polar surface area (TPSA) is 55.4 Å². The second kappa shape index (κ2) is 21.5. The van der Waals surface area contributed by atoms with Gasteiger partial charge in [-0.3, -0.25) is 0 Å². The van der Waals surface area contributed by atoms with Gasteiger partial charge < -0.3 is 28.4 Å². The molecule has 0 aromatic heterocycles. The van der Waals surface area contributed by atoms with Crippen LogP contribution in [0.1, 0.15) is 24.8 Å². The molecule has 192 valence electrons. The SMILES string of the molecule is COc1ccc(COCCCCCOCC(COCCBr)(COCCBr)COCCBr)cc1. The molecule has 1 aromatic rings. The number of unbranched alkanes of at least 4 members (excludes halogenated alkanes) is 2. The first-order chi connectivity index (χ1) is 16.2. The molecule has 0 heterocycles. The van der Waals surface area contributed by atoms with E-state index in [0.29, 0.717) is 59.5 Å². The number of methoxy groups -OCH3 is 1. The van der Waals surface area contributed by atoms with Crippen LogP contribution in [-0.2, 0) is 30.3 Å². The smallest absolute Gasteiger partial charge is 0.118 e. The zero-order valence-corrected chi connectivity index (χ0v) is 24.5.